The highest BCUT2D eigenvalue weighted by Crippen LogP contribution is 2.32. The number of anilines is 1. The summed E-state index contributed by atoms with van der Waals surface area (Å²) in [5.41, 5.74) is 4.91. The van der Waals surface area contributed by atoms with Gasteiger partial charge in [0.05, 0.1) is 0 Å². The van der Waals surface area contributed by atoms with Crippen molar-refractivity contribution >= 4 is 11.6 Å². The smallest absolute Gasteiger partial charge is 0.326 e. The zero-order valence-corrected chi connectivity index (χ0v) is 13.2. The van der Waals surface area contributed by atoms with Gasteiger partial charge < -0.3 is 16.0 Å². The van der Waals surface area contributed by atoms with Crippen LogP contribution >= 0.6 is 0 Å². The van der Waals surface area contributed by atoms with Gasteiger partial charge >= 0.3 is 5.69 Å². The van der Waals surface area contributed by atoms with Crippen LogP contribution in [0.3, 0.4) is 0 Å². The summed E-state index contributed by atoms with van der Waals surface area (Å²) in [6, 6.07) is 10.2. The van der Waals surface area contributed by atoms with E-state index in [4.69, 9.17) is 5.73 Å². The maximum Gasteiger partial charge on any atom is 0.326 e. The average molecular weight is 328 g/mol. The van der Waals surface area contributed by atoms with Crippen LogP contribution in [-0.4, -0.2) is 21.9 Å². The lowest BCUT2D eigenvalue weighted by Crippen LogP contribution is -2.40. The van der Waals surface area contributed by atoms with Crippen LogP contribution < -0.4 is 22.3 Å². The van der Waals surface area contributed by atoms with E-state index in [0.29, 0.717) is 5.92 Å². The van der Waals surface area contributed by atoms with Gasteiger partial charge in [0.2, 0.25) is 0 Å². The summed E-state index contributed by atoms with van der Waals surface area (Å²) in [5.74, 6) is -0.129. The maximum absolute atomic E-state index is 12.4. The van der Waals surface area contributed by atoms with Crippen molar-refractivity contribution in [1.29, 1.82) is 0 Å². The summed E-state index contributed by atoms with van der Waals surface area (Å²) in [4.78, 5) is 39.5. The van der Waals surface area contributed by atoms with Crippen LogP contribution in [0.25, 0.3) is 0 Å². The zero-order valence-electron chi connectivity index (χ0n) is 13.2. The molecule has 7 heteroatoms. The topological polar surface area (TPSA) is 121 Å². The van der Waals surface area contributed by atoms with Gasteiger partial charge in [-0.25, -0.2) is 4.79 Å². The van der Waals surface area contributed by atoms with Crippen LogP contribution in [0, 0.1) is 0 Å². The summed E-state index contributed by atoms with van der Waals surface area (Å²) >= 11 is 0. The lowest BCUT2D eigenvalue weighted by molar-refractivity contribution is 0.0920. The molecule has 0 spiro atoms. The molecule has 0 saturated heterocycles. The Morgan fingerprint density at radius 1 is 1.12 bits per heavy atom. The number of aromatic nitrogens is 2. The van der Waals surface area contributed by atoms with Crippen molar-refractivity contribution in [2.24, 2.45) is 0 Å². The molecule has 2 aromatic rings. The Morgan fingerprint density at radius 2 is 1.88 bits per heavy atom. The van der Waals surface area contributed by atoms with Crippen LogP contribution in [0.1, 0.15) is 47.7 Å². The Balaban J connectivity index is 1.73. The molecule has 2 unspecified atom stereocenters. The number of carbonyl (C=O) groups is 1. The van der Waals surface area contributed by atoms with Crippen molar-refractivity contribution in [2.45, 2.75) is 37.6 Å². The largest absolute Gasteiger partial charge is 0.392 e. The first-order valence-corrected chi connectivity index (χ1v) is 8.02. The van der Waals surface area contributed by atoms with Crippen LogP contribution in [0.4, 0.5) is 5.69 Å². The van der Waals surface area contributed by atoms with Crippen LogP contribution in [-0.2, 0) is 0 Å². The van der Waals surface area contributed by atoms with E-state index < -0.39 is 17.2 Å². The van der Waals surface area contributed by atoms with Gasteiger partial charge in [0.15, 0.2) is 0 Å². The van der Waals surface area contributed by atoms with Crippen molar-refractivity contribution in [1.82, 2.24) is 15.3 Å². The molecule has 1 aliphatic carbocycles. The fraction of sp³-hybridized carbons (Fsp3) is 0.353. The van der Waals surface area contributed by atoms with Gasteiger partial charge in [-0.1, -0.05) is 36.8 Å². The number of H-pyrrole nitrogens is 2. The summed E-state index contributed by atoms with van der Waals surface area (Å²) in [7, 11) is 0. The van der Waals surface area contributed by atoms with E-state index in [1.165, 1.54) is 5.56 Å². The number of amides is 1. The molecule has 1 aromatic heterocycles. The molecule has 24 heavy (non-hydrogen) atoms. The quantitative estimate of drug-likeness (QED) is 0.674. The monoisotopic (exact) mass is 328 g/mol. The molecule has 1 saturated carbocycles. The number of hydrogen-bond donors (Lipinski definition) is 4. The van der Waals surface area contributed by atoms with Gasteiger partial charge in [-0.15, -0.1) is 0 Å². The molecule has 1 fully saturated rings. The number of nitrogen functional groups attached to an aromatic ring is 1. The van der Waals surface area contributed by atoms with Crippen LogP contribution in [0.5, 0.6) is 0 Å². The molecule has 126 valence electrons. The molecule has 0 bridgehead atoms. The van der Waals surface area contributed by atoms with Crippen molar-refractivity contribution in [2.75, 3.05) is 5.73 Å². The molecule has 1 amide bonds. The average Bonchev–Trinajstić information content (AvgIpc) is 2.59. The second-order valence-corrected chi connectivity index (χ2v) is 6.14. The minimum Gasteiger partial charge on any atom is -0.392 e. The Bertz CT molecular complexity index is 841. The number of hydrogen-bond acceptors (Lipinski definition) is 4. The van der Waals surface area contributed by atoms with Gasteiger partial charge in [0.1, 0.15) is 11.4 Å². The molecule has 0 aliphatic heterocycles. The first-order valence-electron chi connectivity index (χ1n) is 8.02. The third-order valence-electron chi connectivity index (χ3n) is 4.49. The Kier molecular flexibility index (Phi) is 4.50. The van der Waals surface area contributed by atoms with Crippen molar-refractivity contribution in [3.63, 3.8) is 0 Å². The fourth-order valence-corrected chi connectivity index (χ4v) is 3.28. The standard InChI is InChI=1S/C17H20N4O3/c18-13-14(20-17(24)21-15(13)22)16(23)19-12-8-4-7-11(9-12)10-5-2-1-3-6-10/h1-3,5-6,11-12H,4,7-9,18H2,(H,19,23)(H2,20,21,22,24). The second kappa shape index (κ2) is 6.74. The predicted molar refractivity (Wildman–Crippen MR) is 91.0 cm³/mol. The van der Waals surface area contributed by atoms with Crippen molar-refractivity contribution in [3.05, 3.63) is 62.4 Å². The highest BCUT2D eigenvalue weighted by atomic mass is 16.2. The molecule has 3 rings (SSSR count). The van der Waals surface area contributed by atoms with Gasteiger partial charge in [-0.05, 0) is 30.7 Å². The Labute approximate surface area is 138 Å². The van der Waals surface area contributed by atoms with Crippen molar-refractivity contribution in [3.8, 4) is 0 Å². The molecule has 0 radical (unpaired) electrons. The number of rotatable bonds is 3. The van der Waals surface area contributed by atoms with E-state index in [-0.39, 0.29) is 17.4 Å². The molecular weight excluding hydrogens is 308 g/mol. The van der Waals surface area contributed by atoms with Crippen LogP contribution in [0.2, 0.25) is 0 Å². The molecule has 5 N–H and O–H groups in total. The van der Waals surface area contributed by atoms with Gasteiger partial charge in [0.25, 0.3) is 11.5 Å². The number of aromatic amines is 2. The third-order valence-corrected chi connectivity index (χ3v) is 4.49. The van der Waals surface area contributed by atoms with E-state index in [1.807, 2.05) is 23.2 Å². The van der Waals surface area contributed by atoms with Gasteiger partial charge in [0, 0.05) is 6.04 Å². The lowest BCUT2D eigenvalue weighted by Gasteiger charge is -2.30. The number of nitrogens with two attached hydrogens (primary N) is 1. The minimum absolute atomic E-state index is 0.0151. The fourth-order valence-electron chi connectivity index (χ4n) is 3.28. The molecule has 1 heterocycles. The lowest BCUT2D eigenvalue weighted by atomic mass is 9.81. The Morgan fingerprint density at radius 3 is 2.62 bits per heavy atom. The minimum atomic E-state index is -0.755. The highest BCUT2D eigenvalue weighted by molar-refractivity contribution is 5.96. The van der Waals surface area contributed by atoms with E-state index in [9.17, 15) is 14.4 Å². The van der Waals surface area contributed by atoms with Gasteiger partial charge in [-0.3, -0.25) is 14.6 Å². The highest BCUT2D eigenvalue weighted by Gasteiger charge is 2.25. The Hall–Kier alpha value is -2.83. The summed E-state index contributed by atoms with van der Waals surface area (Å²) in [5, 5.41) is 2.89. The van der Waals surface area contributed by atoms with Crippen molar-refractivity contribution < 1.29 is 4.79 Å². The summed E-state index contributed by atoms with van der Waals surface area (Å²) in [6.45, 7) is 0. The zero-order chi connectivity index (χ0) is 17.1. The van der Waals surface area contributed by atoms with Gasteiger partial charge in [-0.2, -0.15) is 0 Å². The first kappa shape index (κ1) is 16.0. The van der Waals surface area contributed by atoms with E-state index >= 15 is 0 Å². The van der Waals surface area contributed by atoms with E-state index in [0.717, 1.165) is 25.7 Å². The second-order valence-electron chi connectivity index (χ2n) is 6.14. The van der Waals surface area contributed by atoms with E-state index in [2.05, 4.69) is 22.4 Å². The summed E-state index contributed by atoms with van der Waals surface area (Å²) in [6.07, 6.45) is 3.78. The molecule has 1 aliphatic rings. The summed E-state index contributed by atoms with van der Waals surface area (Å²) < 4.78 is 0. The van der Waals surface area contributed by atoms with Crippen LogP contribution in [0.15, 0.2) is 39.9 Å². The predicted octanol–water partition coefficient (Wildman–Crippen LogP) is 1.10. The molecule has 2 atom stereocenters. The molecule has 7 nitrogen and oxygen atoms in total. The van der Waals surface area contributed by atoms with E-state index in [1.54, 1.807) is 0 Å². The third kappa shape index (κ3) is 3.40. The first-order chi connectivity index (χ1) is 11.5. The SMILES string of the molecule is Nc1c(C(=O)NC2CCCC(c3ccccc3)C2)[nH]c(=O)[nH]c1=O. The number of nitrogens with one attached hydrogen (secondary N) is 3. The number of benzene rings is 1. The maximum atomic E-state index is 12.4. The molecular formula is C17H20N4O3. The normalized spacial score (nSPS) is 20.5. The number of carbonyl (C=O) groups excluding carboxylic acids is 1. The molecule has 1 aromatic carbocycles.